The third-order valence-electron chi connectivity index (χ3n) is 6.34. The number of fused-ring (bicyclic) bond motifs is 1. The van der Waals surface area contributed by atoms with E-state index in [0.29, 0.717) is 23.1 Å². The average Bonchev–Trinajstić information content (AvgIpc) is 3.35. The predicted octanol–water partition coefficient (Wildman–Crippen LogP) is 4.95. The molecule has 2 aromatic heterocycles. The lowest BCUT2D eigenvalue weighted by atomic mass is 10.1. The number of aromatic nitrogens is 4. The van der Waals surface area contributed by atoms with Crippen molar-refractivity contribution in [3.05, 3.63) is 61.4 Å². The standard InChI is InChI=1S/C29H36N8O2/c1-8-28(38)32-23-16-24(27(39-7)17-26(23)36(6)14-13-35(4)5)34-29-30-12-11-22(33-29)20-9-10-25-21(15-20)18-31-37(25)19(2)3/h8-12,15-19H,1,13-14H2,2-7H3,(H,32,38)(H,30,33,34). The summed E-state index contributed by atoms with van der Waals surface area (Å²) in [5.41, 5.74) is 4.86. The Morgan fingerprint density at radius 1 is 1.13 bits per heavy atom. The second-order valence-corrected chi connectivity index (χ2v) is 9.83. The minimum Gasteiger partial charge on any atom is -0.494 e. The summed E-state index contributed by atoms with van der Waals surface area (Å²) in [6.07, 6.45) is 4.83. The van der Waals surface area contributed by atoms with Crippen LogP contribution in [0.2, 0.25) is 0 Å². The van der Waals surface area contributed by atoms with Crippen LogP contribution in [0.1, 0.15) is 19.9 Å². The third kappa shape index (κ3) is 6.35. The number of amides is 1. The molecule has 204 valence electrons. The Hall–Kier alpha value is -4.44. The molecular weight excluding hydrogens is 492 g/mol. The summed E-state index contributed by atoms with van der Waals surface area (Å²) in [6.45, 7) is 9.41. The van der Waals surface area contributed by atoms with E-state index < -0.39 is 0 Å². The Balaban J connectivity index is 1.67. The molecule has 0 saturated heterocycles. The van der Waals surface area contributed by atoms with Crippen LogP contribution in [-0.2, 0) is 4.79 Å². The Morgan fingerprint density at radius 2 is 1.92 bits per heavy atom. The lowest BCUT2D eigenvalue weighted by Gasteiger charge is -2.26. The highest BCUT2D eigenvalue weighted by Gasteiger charge is 2.17. The van der Waals surface area contributed by atoms with Crippen LogP contribution in [0.25, 0.3) is 22.2 Å². The van der Waals surface area contributed by atoms with Crippen LogP contribution in [0.15, 0.2) is 61.4 Å². The summed E-state index contributed by atoms with van der Waals surface area (Å²) in [5, 5.41) is 11.7. The van der Waals surface area contributed by atoms with Gasteiger partial charge in [-0.15, -0.1) is 0 Å². The largest absolute Gasteiger partial charge is 0.494 e. The molecule has 4 rings (SSSR count). The maximum absolute atomic E-state index is 12.2. The van der Waals surface area contributed by atoms with Crippen molar-refractivity contribution in [2.24, 2.45) is 0 Å². The second kappa shape index (κ2) is 12.0. The molecule has 0 spiro atoms. The van der Waals surface area contributed by atoms with E-state index >= 15 is 0 Å². The molecule has 0 aliphatic rings. The van der Waals surface area contributed by atoms with Crippen LogP contribution in [0.5, 0.6) is 5.75 Å². The van der Waals surface area contributed by atoms with Crippen molar-refractivity contribution in [1.29, 1.82) is 0 Å². The molecule has 0 aliphatic heterocycles. The number of nitrogens with one attached hydrogen (secondary N) is 2. The number of likely N-dealkylation sites (N-methyl/N-ethyl adjacent to an activating group) is 2. The molecule has 0 atom stereocenters. The number of methoxy groups -OCH3 is 1. The summed E-state index contributed by atoms with van der Waals surface area (Å²) in [4.78, 5) is 25.6. The van der Waals surface area contributed by atoms with Gasteiger partial charge in [0, 0.05) is 49.4 Å². The van der Waals surface area contributed by atoms with Gasteiger partial charge in [0.05, 0.1) is 41.6 Å². The van der Waals surface area contributed by atoms with Gasteiger partial charge in [-0.25, -0.2) is 9.97 Å². The van der Waals surface area contributed by atoms with E-state index in [-0.39, 0.29) is 11.9 Å². The number of hydrogen-bond acceptors (Lipinski definition) is 8. The number of nitrogens with zero attached hydrogens (tertiary/aromatic N) is 6. The van der Waals surface area contributed by atoms with Crippen LogP contribution in [0.4, 0.5) is 23.0 Å². The first-order chi connectivity index (χ1) is 18.7. The smallest absolute Gasteiger partial charge is 0.247 e. The highest BCUT2D eigenvalue weighted by molar-refractivity contribution is 6.02. The van der Waals surface area contributed by atoms with Crippen molar-refractivity contribution in [3.8, 4) is 17.0 Å². The lowest BCUT2D eigenvalue weighted by Crippen LogP contribution is -2.29. The molecule has 1 amide bonds. The third-order valence-corrected chi connectivity index (χ3v) is 6.34. The minimum atomic E-state index is -0.303. The van der Waals surface area contributed by atoms with Gasteiger partial charge in [-0.2, -0.15) is 5.10 Å². The van der Waals surface area contributed by atoms with Crippen LogP contribution >= 0.6 is 0 Å². The number of ether oxygens (including phenoxy) is 1. The van der Waals surface area contributed by atoms with E-state index in [0.717, 1.165) is 40.9 Å². The molecule has 2 N–H and O–H groups in total. The van der Waals surface area contributed by atoms with E-state index in [1.807, 2.05) is 56.3 Å². The molecule has 0 radical (unpaired) electrons. The van der Waals surface area contributed by atoms with Crippen LogP contribution in [0, 0.1) is 0 Å². The van der Waals surface area contributed by atoms with E-state index in [2.05, 4.69) is 63.1 Å². The van der Waals surface area contributed by atoms with Gasteiger partial charge in [0.1, 0.15) is 5.75 Å². The maximum Gasteiger partial charge on any atom is 0.247 e. The number of rotatable bonds is 11. The molecule has 4 aromatic rings. The zero-order valence-electron chi connectivity index (χ0n) is 23.4. The van der Waals surface area contributed by atoms with E-state index in [1.165, 1.54) is 6.08 Å². The molecule has 0 aliphatic carbocycles. The maximum atomic E-state index is 12.2. The van der Waals surface area contributed by atoms with Crippen LogP contribution < -0.4 is 20.3 Å². The second-order valence-electron chi connectivity index (χ2n) is 9.83. The lowest BCUT2D eigenvalue weighted by molar-refractivity contribution is -0.111. The van der Waals surface area contributed by atoms with Crippen molar-refractivity contribution in [2.45, 2.75) is 19.9 Å². The summed E-state index contributed by atoms with van der Waals surface area (Å²) in [7, 11) is 7.62. The first kappa shape index (κ1) is 27.6. The van der Waals surface area contributed by atoms with Gasteiger partial charge in [-0.3, -0.25) is 9.48 Å². The highest BCUT2D eigenvalue weighted by atomic mass is 16.5. The SMILES string of the molecule is C=CC(=O)Nc1cc(Nc2nccc(-c3ccc4c(cnn4C(C)C)c3)n2)c(OC)cc1N(C)CCN(C)C. The first-order valence-electron chi connectivity index (χ1n) is 12.8. The molecule has 0 bridgehead atoms. The zero-order valence-corrected chi connectivity index (χ0v) is 23.4. The fourth-order valence-corrected chi connectivity index (χ4v) is 4.23. The Kier molecular flexibility index (Phi) is 8.46. The summed E-state index contributed by atoms with van der Waals surface area (Å²) in [5.74, 6) is 0.691. The normalized spacial score (nSPS) is 11.2. The summed E-state index contributed by atoms with van der Waals surface area (Å²) in [6, 6.07) is 12.0. The molecule has 0 unspecified atom stereocenters. The van der Waals surface area contributed by atoms with Gasteiger partial charge in [0.2, 0.25) is 11.9 Å². The number of benzene rings is 2. The fraction of sp³-hybridized carbons (Fsp3) is 0.310. The molecule has 39 heavy (non-hydrogen) atoms. The number of carbonyl (C=O) groups is 1. The van der Waals surface area contributed by atoms with Crippen molar-refractivity contribution in [3.63, 3.8) is 0 Å². The number of hydrogen-bond donors (Lipinski definition) is 2. The highest BCUT2D eigenvalue weighted by Crippen LogP contribution is 2.38. The fourth-order valence-electron chi connectivity index (χ4n) is 4.23. The van der Waals surface area contributed by atoms with E-state index in [1.54, 1.807) is 13.3 Å². The van der Waals surface area contributed by atoms with Crippen molar-refractivity contribution in [2.75, 3.05) is 56.9 Å². The molecule has 10 heteroatoms. The van der Waals surface area contributed by atoms with E-state index in [9.17, 15) is 4.79 Å². The molecule has 2 aromatic carbocycles. The Morgan fingerprint density at radius 3 is 2.62 bits per heavy atom. The monoisotopic (exact) mass is 528 g/mol. The summed E-state index contributed by atoms with van der Waals surface area (Å²) < 4.78 is 7.71. The van der Waals surface area contributed by atoms with Gasteiger partial charge in [0.25, 0.3) is 0 Å². The van der Waals surface area contributed by atoms with Gasteiger partial charge in [-0.05, 0) is 58.3 Å². The number of carbonyl (C=O) groups excluding carboxylic acids is 1. The van der Waals surface area contributed by atoms with Gasteiger partial charge in [-0.1, -0.05) is 12.6 Å². The number of anilines is 4. The Bertz CT molecular complexity index is 1480. The van der Waals surface area contributed by atoms with Crippen molar-refractivity contribution in [1.82, 2.24) is 24.6 Å². The van der Waals surface area contributed by atoms with Crippen LogP contribution in [-0.4, -0.2) is 71.9 Å². The van der Waals surface area contributed by atoms with Crippen LogP contribution in [0.3, 0.4) is 0 Å². The zero-order chi connectivity index (χ0) is 28.1. The van der Waals surface area contributed by atoms with Crippen molar-refractivity contribution < 1.29 is 9.53 Å². The predicted molar refractivity (Wildman–Crippen MR) is 158 cm³/mol. The molecule has 0 fully saturated rings. The molecule has 0 saturated carbocycles. The quantitative estimate of drug-likeness (QED) is 0.264. The summed E-state index contributed by atoms with van der Waals surface area (Å²) >= 11 is 0. The van der Waals surface area contributed by atoms with Gasteiger partial charge in [0.15, 0.2) is 0 Å². The van der Waals surface area contributed by atoms with Crippen molar-refractivity contribution >= 4 is 39.8 Å². The van der Waals surface area contributed by atoms with Gasteiger partial charge < -0.3 is 25.2 Å². The first-order valence-corrected chi connectivity index (χ1v) is 12.8. The molecule has 2 heterocycles. The minimum absolute atomic E-state index is 0.276. The molecular formula is C29H36N8O2. The average molecular weight is 529 g/mol. The molecule has 10 nitrogen and oxygen atoms in total. The van der Waals surface area contributed by atoms with E-state index in [4.69, 9.17) is 9.72 Å². The van der Waals surface area contributed by atoms with Gasteiger partial charge >= 0.3 is 0 Å². The topological polar surface area (TPSA) is 100 Å². The Labute approximate surface area is 229 Å².